The minimum atomic E-state index is -3.69. The highest BCUT2D eigenvalue weighted by molar-refractivity contribution is 7.89. The zero-order valence-corrected chi connectivity index (χ0v) is 11.8. The highest BCUT2D eigenvalue weighted by atomic mass is 32.2. The number of nitrogens with zero attached hydrogens (tertiary/aromatic N) is 1. The molecule has 0 spiro atoms. The van der Waals surface area contributed by atoms with Gasteiger partial charge >= 0.3 is 0 Å². The van der Waals surface area contributed by atoms with Crippen molar-refractivity contribution in [1.29, 1.82) is 0 Å². The van der Waals surface area contributed by atoms with Gasteiger partial charge in [0.05, 0.1) is 10.6 Å². The predicted molar refractivity (Wildman–Crippen MR) is 72.7 cm³/mol. The summed E-state index contributed by atoms with van der Waals surface area (Å²) in [6, 6.07) is 3.38. The second-order valence-corrected chi connectivity index (χ2v) is 5.93. The zero-order valence-electron chi connectivity index (χ0n) is 11.0. The predicted octanol–water partition coefficient (Wildman–Crippen LogP) is 1.71. The number of rotatable bonds is 6. The molecule has 0 amide bonds. The molecular weight excluding hydrogens is 270 g/mol. The molecule has 0 aliphatic heterocycles. The van der Waals surface area contributed by atoms with Crippen molar-refractivity contribution in [2.75, 3.05) is 11.9 Å². The lowest BCUT2D eigenvalue weighted by atomic mass is 10.3. The van der Waals surface area contributed by atoms with Gasteiger partial charge in [0.25, 0.3) is 5.69 Å². The molecule has 2 N–H and O–H groups in total. The molecule has 0 saturated carbocycles. The SMILES string of the molecule is CCNc1cc([N+](=O)[O-])ccc1S(=O)(=O)NC(C)C. The summed E-state index contributed by atoms with van der Waals surface area (Å²) in [6.07, 6.45) is 0. The number of nitrogens with one attached hydrogen (secondary N) is 2. The van der Waals surface area contributed by atoms with Gasteiger partial charge in [0.2, 0.25) is 10.0 Å². The fourth-order valence-corrected chi connectivity index (χ4v) is 2.98. The molecule has 0 aliphatic rings. The van der Waals surface area contributed by atoms with Gasteiger partial charge in [-0.3, -0.25) is 10.1 Å². The molecule has 0 saturated heterocycles. The molecule has 0 atom stereocenters. The van der Waals surface area contributed by atoms with E-state index in [1.165, 1.54) is 18.2 Å². The van der Waals surface area contributed by atoms with Crippen LogP contribution in [0.4, 0.5) is 11.4 Å². The van der Waals surface area contributed by atoms with Crippen LogP contribution in [0.15, 0.2) is 23.1 Å². The number of hydrogen-bond acceptors (Lipinski definition) is 5. The molecule has 0 heterocycles. The highest BCUT2D eigenvalue weighted by Gasteiger charge is 2.21. The first kappa shape index (κ1) is 15.4. The Morgan fingerprint density at radius 2 is 2.00 bits per heavy atom. The summed E-state index contributed by atoms with van der Waals surface area (Å²) in [5.74, 6) is 0. The Bertz CT molecular complexity index is 569. The van der Waals surface area contributed by atoms with Crippen LogP contribution in [0.5, 0.6) is 0 Å². The summed E-state index contributed by atoms with van der Waals surface area (Å²) < 4.78 is 26.6. The first-order valence-electron chi connectivity index (χ1n) is 5.82. The van der Waals surface area contributed by atoms with Crippen molar-refractivity contribution in [2.24, 2.45) is 0 Å². The van der Waals surface area contributed by atoms with Crippen LogP contribution >= 0.6 is 0 Å². The maximum absolute atomic E-state index is 12.1. The van der Waals surface area contributed by atoms with E-state index in [0.29, 0.717) is 6.54 Å². The number of non-ortho nitro benzene ring substituents is 1. The zero-order chi connectivity index (χ0) is 14.6. The summed E-state index contributed by atoms with van der Waals surface area (Å²) in [5, 5.41) is 13.5. The molecule has 1 aromatic rings. The number of benzene rings is 1. The molecule has 19 heavy (non-hydrogen) atoms. The van der Waals surface area contributed by atoms with Gasteiger partial charge in [-0.25, -0.2) is 13.1 Å². The smallest absolute Gasteiger partial charge is 0.271 e. The Balaban J connectivity index is 3.31. The Labute approximate surface area is 112 Å². The summed E-state index contributed by atoms with van der Waals surface area (Å²) in [4.78, 5) is 10.2. The third-order valence-electron chi connectivity index (χ3n) is 2.22. The van der Waals surface area contributed by atoms with Gasteiger partial charge in [0.15, 0.2) is 0 Å². The van der Waals surface area contributed by atoms with Crippen molar-refractivity contribution < 1.29 is 13.3 Å². The first-order chi connectivity index (χ1) is 8.77. The van der Waals surface area contributed by atoms with Crippen LogP contribution in [-0.2, 0) is 10.0 Å². The molecule has 106 valence electrons. The van der Waals surface area contributed by atoms with Gasteiger partial charge in [-0.1, -0.05) is 0 Å². The van der Waals surface area contributed by atoms with Crippen molar-refractivity contribution in [3.63, 3.8) is 0 Å². The fourth-order valence-electron chi connectivity index (χ4n) is 1.57. The first-order valence-corrected chi connectivity index (χ1v) is 7.31. The lowest BCUT2D eigenvalue weighted by Crippen LogP contribution is -2.30. The Morgan fingerprint density at radius 1 is 1.37 bits per heavy atom. The van der Waals surface area contributed by atoms with Gasteiger partial charge in [-0.05, 0) is 26.8 Å². The monoisotopic (exact) mass is 287 g/mol. The minimum absolute atomic E-state index is 0.00801. The van der Waals surface area contributed by atoms with E-state index < -0.39 is 14.9 Å². The van der Waals surface area contributed by atoms with E-state index in [1.54, 1.807) is 20.8 Å². The van der Waals surface area contributed by atoms with Crippen molar-refractivity contribution in [1.82, 2.24) is 4.72 Å². The third-order valence-corrected chi connectivity index (χ3v) is 3.94. The number of sulfonamides is 1. The molecule has 0 bridgehead atoms. The molecule has 0 aromatic heterocycles. The second kappa shape index (κ2) is 5.98. The lowest BCUT2D eigenvalue weighted by Gasteiger charge is -2.13. The van der Waals surface area contributed by atoms with Crippen LogP contribution in [0.3, 0.4) is 0 Å². The van der Waals surface area contributed by atoms with Crippen molar-refractivity contribution >= 4 is 21.4 Å². The minimum Gasteiger partial charge on any atom is -0.384 e. The average molecular weight is 287 g/mol. The van der Waals surface area contributed by atoms with Crippen LogP contribution < -0.4 is 10.0 Å². The van der Waals surface area contributed by atoms with Gasteiger partial charge < -0.3 is 5.32 Å². The number of nitro benzene ring substituents is 1. The topological polar surface area (TPSA) is 101 Å². The average Bonchev–Trinajstić information content (AvgIpc) is 2.27. The summed E-state index contributed by atoms with van der Waals surface area (Å²) >= 11 is 0. The van der Waals surface area contributed by atoms with Gasteiger partial charge in [-0.2, -0.15) is 0 Å². The van der Waals surface area contributed by atoms with Crippen LogP contribution in [0.2, 0.25) is 0 Å². The Morgan fingerprint density at radius 3 is 2.47 bits per heavy atom. The number of anilines is 1. The van der Waals surface area contributed by atoms with Crippen molar-refractivity contribution in [2.45, 2.75) is 31.7 Å². The van der Waals surface area contributed by atoms with E-state index >= 15 is 0 Å². The third kappa shape index (κ3) is 3.90. The Kier molecular flexibility index (Phi) is 4.84. The number of hydrogen-bond donors (Lipinski definition) is 2. The maximum Gasteiger partial charge on any atom is 0.271 e. The van der Waals surface area contributed by atoms with Gasteiger partial charge in [-0.15, -0.1) is 0 Å². The highest BCUT2D eigenvalue weighted by Crippen LogP contribution is 2.26. The molecule has 7 nitrogen and oxygen atoms in total. The summed E-state index contributed by atoms with van der Waals surface area (Å²) in [5.41, 5.74) is 0.0734. The standard InChI is InChI=1S/C11H17N3O4S/c1-4-12-10-7-9(14(15)16)5-6-11(10)19(17,18)13-8(2)3/h5-8,12-13H,4H2,1-3H3. The van der Waals surface area contributed by atoms with Crippen molar-refractivity contribution in [3.8, 4) is 0 Å². The van der Waals surface area contributed by atoms with Crippen molar-refractivity contribution in [3.05, 3.63) is 28.3 Å². The molecule has 0 aliphatic carbocycles. The van der Waals surface area contributed by atoms with Crippen LogP contribution in [0.1, 0.15) is 20.8 Å². The Hall–Kier alpha value is -1.67. The lowest BCUT2D eigenvalue weighted by molar-refractivity contribution is -0.384. The van der Waals surface area contributed by atoms with E-state index in [0.717, 1.165) is 0 Å². The van der Waals surface area contributed by atoms with E-state index in [1.807, 2.05) is 0 Å². The molecule has 1 aromatic carbocycles. The fraction of sp³-hybridized carbons (Fsp3) is 0.455. The van der Waals surface area contributed by atoms with Crippen LogP contribution in [0.25, 0.3) is 0 Å². The van der Waals surface area contributed by atoms with E-state index in [-0.39, 0.29) is 22.3 Å². The summed E-state index contributed by atoms with van der Waals surface area (Å²) in [6.45, 7) is 5.65. The van der Waals surface area contributed by atoms with E-state index in [4.69, 9.17) is 0 Å². The molecule has 0 radical (unpaired) electrons. The molecule has 1 rings (SSSR count). The van der Waals surface area contributed by atoms with Gasteiger partial charge in [0, 0.05) is 24.7 Å². The molecular formula is C11H17N3O4S. The molecule has 0 unspecified atom stereocenters. The number of nitro groups is 1. The molecule has 0 fully saturated rings. The summed E-state index contributed by atoms with van der Waals surface area (Å²) in [7, 11) is -3.69. The second-order valence-electron chi connectivity index (χ2n) is 4.24. The quantitative estimate of drug-likeness (QED) is 0.612. The van der Waals surface area contributed by atoms with Crippen LogP contribution in [-0.4, -0.2) is 25.9 Å². The van der Waals surface area contributed by atoms with E-state index in [9.17, 15) is 18.5 Å². The normalized spacial score (nSPS) is 11.6. The van der Waals surface area contributed by atoms with Crippen LogP contribution in [0, 0.1) is 10.1 Å². The van der Waals surface area contributed by atoms with Gasteiger partial charge in [0.1, 0.15) is 4.90 Å². The maximum atomic E-state index is 12.1. The van der Waals surface area contributed by atoms with E-state index in [2.05, 4.69) is 10.0 Å². The largest absolute Gasteiger partial charge is 0.384 e. The molecule has 8 heteroatoms.